The molecule has 2 heterocycles. The van der Waals surface area contributed by atoms with Gasteiger partial charge in [0.15, 0.2) is 5.96 Å². The van der Waals surface area contributed by atoms with Crippen LogP contribution in [0.15, 0.2) is 11.3 Å². The van der Waals surface area contributed by atoms with Gasteiger partial charge in [-0.3, -0.25) is 9.79 Å². The highest BCUT2D eigenvalue weighted by Gasteiger charge is 2.16. The number of likely N-dealkylation sites (tertiary alicyclic amines) is 1. The number of carbonyl (C=O) groups excluding carboxylic acids is 1. The van der Waals surface area contributed by atoms with E-state index < -0.39 is 0 Å². The third-order valence-corrected chi connectivity index (χ3v) is 4.06. The van der Waals surface area contributed by atoms with Crippen molar-refractivity contribution in [3.8, 4) is 0 Å². The molecule has 1 aromatic rings. The maximum absolute atomic E-state index is 12.0. The first-order chi connectivity index (χ1) is 11.7. The summed E-state index contributed by atoms with van der Waals surface area (Å²) in [7, 11) is 0. The number of nitrogens with zero attached hydrogens (tertiary/aromatic N) is 5. The van der Waals surface area contributed by atoms with Gasteiger partial charge in [-0.25, -0.2) is 0 Å². The van der Waals surface area contributed by atoms with Crippen LogP contribution >= 0.6 is 24.0 Å². The fourth-order valence-electron chi connectivity index (χ4n) is 2.76. The minimum Gasteiger partial charge on any atom is -0.357 e. The molecule has 0 radical (unpaired) electrons. The fourth-order valence-corrected chi connectivity index (χ4v) is 2.76. The van der Waals surface area contributed by atoms with Crippen molar-refractivity contribution in [2.75, 3.05) is 32.7 Å². The van der Waals surface area contributed by atoms with E-state index in [1.807, 2.05) is 16.4 Å². The van der Waals surface area contributed by atoms with Gasteiger partial charge in [0.1, 0.15) is 12.2 Å². The lowest BCUT2D eigenvalue weighted by Gasteiger charge is -2.15. The first-order valence-corrected chi connectivity index (χ1v) is 8.91. The van der Waals surface area contributed by atoms with Crippen molar-refractivity contribution >= 4 is 35.8 Å². The lowest BCUT2D eigenvalue weighted by molar-refractivity contribution is -0.129. The highest BCUT2D eigenvalue weighted by atomic mass is 127. The van der Waals surface area contributed by atoms with E-state index in [0.717, 1.165) is 63.8 Å². The monoisotopic (exact) mass is 463 g/mol. The Morgan fingerprint density at radius 1 is 1.28 bits per heavy atom. The van der Waals surface area contributed by atoms with Crippen molar-refractivity contribution < 1.29 is 4.79 Å². The Kier molecular flexibility index (Phi) is 10.4. The van der Waals surface area contributed by atoms with E-state index in [1.54, 1.807) is 6.33 Å². The molecule has 9 heteroatoms. The zero-order valence-electron chi connectivity index (χ0n) is 15.2. The highest BCUT2D eigenvalue weighted by Crippen LogP contribution is 2.08. The fraction of sp³-hybridized carbons (Fsp3) is 0.750. The number of guanidine groups is 1. The summed E-state index contributed by atoms with van der Waals surface area (Å²) in [5.41, 5.74) is 0. The van der Waals surface area contributed by atoms with Crippen LogP contribution in [0.5, 0.6) is 0 Å². The van der Waals surface area contributed by atoms with E-state index >= 15 is 0 Å². The largest absolute Gasteiger partial charge is 0.357 e. The molecule has 1 aliphatic rings. The lowest BCUT2D eigenvalue weighted by Crippen LogP contribution is -2.39. The maximum Gasteiger partial charge on any atom is 0.224 e. The van der Waals surface area contributed by atoms with E-state index in [0.29, 0.717) is 13.0 Å². The SMILES string of the molecule is CCNC(=NCCC(=O)N1CCCC1)NCCn1cnnc1CC.I. The number of amides is 1. The first kappa shape index (κ1) is 21.7. The maximum atomic E-state index is 12.0. The first-order valence-electron chi connectivity index (χ1n) is 8.91. The molecule has 0 atom stereocenters. The Morgan fingerprint density at radius 3 is 2.72 bits per heavy atom. The van der Waals surface area contributed by atoms with Crippen LogP contribution < -0.4 is 10.6 Å². The van der Waals surface area contributed by atoms with Crippen LogP contribution in [-0.2, 0) is 17.8 Å². The Bertz CT molecular complexity index is 540. The quantitative estimate of drug-likeness (QED) is 0.342. The third-order valence-electron chi connectivity index (χ3n) is 4.06. The summed E-state index contributed by atoms with van der Waals surface area (Å²) in [6.07, 6.45) is 5.35. The molecule has 2 N–H and O–H groups in total. The topological polar surface area (TPSA) is 87.4 Å². The number of aryl methyl sites for hydroxylation is 1. The van der Waals surface area contributed by atoms with Crippen molar-refractivity contribution in [1.29, 1.82) is 0 Å². The zero-order chi connectivity index (χ0) is 17.2. The van der Waals surface area contributed by atoms with Crippen molar-refractivity contribution in [2.24, 2.45) is 4.99 Å². The average molecular weight is 463 g/mol. The molecule has 1 saturated heterocycles. The van der Waals surface area contributed by atoms with Gasteiger partial charge >= 0.3 is 0 Å². The number of hydrogen-bond donors (Lipinski definition) is 2. The minimum absolute atomic E-state index is 0. The normalized spacial score (nSPS) is 14.3. The van der Waals surface area contributed by atoms with E-state index in [-0.39, 0.29) is 29.9 Å². The molecule has 1 fully saturated rings. The van der Waals surface area contributed by atoms with Gasteiger partial charge in [-0.05, 0) is 19.8 Å². The van der Waals surface area contributed by atoms with E-state index in [2.05, 4.69) is 32.7 Å². The summed E-state index contributed by atoms with van der Waals surface area (Å²) in [6.45, 7) is 8.72. The average Bonchev–Trinajstić information content (AvgIpc) is 3.26. The highest BCUT2D eigenvalue weighted by molar-refractivity contribution is 14.0. The smallest absolute Gasteiger partial charge is 0.224 e. The molecule has 2 rings (SSSR count). The molecule has 1 aliphatic heterocycles. The minimum atomic E-state index is 0. The Hall–Kier alpha value is -1.39. The number of nitrogens with one attached hydrogen (secondary N) is 2. The summed E-state index contributed by atoms with van der Waals surface area (Å²) >= 11 is 0. The van der Waals surface area contributed by atoms with Crippen LogP contribution in [0.4, 0.5) is 0 Å². The van der Waals surface area contributed by atoms with Gasteiger partial charge in [0.05, 0.1) is 6.54 Å². The van der Waals surface area contributed by atoms with Gasteiger partial charge in [0.25, 0.3) is 0 Å². The van der Waals surface area contributed by atoms with Crippen molar-refractivity contribution in [1.82, 2.24) is 30.3 Å². The summed E-state index contributed by atoms with van der Waals surface area (Å²) in [4.78, 5) is 18.5. The van der Waals surface area contributed by atoms with Gasteiger partial charge in [-0.1, -0.05) is 6.92 Å². The van der Waals surface area contributed by atoms with Crippen LogP contribution in [-0.4, -0.2) is 64.3 Å². The standard InChI is InChI=1S/C16H29N7O.HI/c1-3-14-21-20-13-23(14)12-9-19-16(17-4-2)18-8-7-15(24)22-10-5-6-11-22;/h13H,3-12H2,1-2H3,(H2,17,18,19);1H. The molecule has 8 nitrogen and oxygen atoms in total. The van der Waals surface area contributed by atoms with E-state index in [1.165, 1.54) is 0 Å². The second-order valence-electron chi connectivity index (χ2n) is 5.82. The molecule has 25 heavy (non-hydrogen) atoms. The summed E-state index contributed by atoms with van der Waals surface area (Å²) in [5.74, 6) is 1.94. The molecule has 0 bridgehead atoms. The lowest BCUT2D eigenvalue weighted by atomic mass is 10.4. The second-order valence-corrected chi connectivity index (χ2v) is 5.82. The molecule has 0 unspecified atom stereocenters. The van der Waals surface area contributed by atoms with Gasteiger partial charge in [-0.2, -0.15) is 0 Å². The van der Waals surface area contributed by atoms with Gasteiger partial charge in [0.2, 0.25) is 5.91 Å². The third kappa shape index (κ3) is 7.17. The predicted molar refractivity (Wildman–Crippen MR) is 109 cm³/mol. The number of carbonyl (C=O) groups is 1. The Labute approximate surface area is 166 Å². The molecule has 1 amide bonds. The Balaban J connectivity index is 0.00000312. The molecular weight excluding hydrogens is 433 g/mol. The molecule has 0 spiro atoms. The second kappa shape index (κ2) is 12.0. The number of rotatable bonds is 8. The van der Waals surface area contributed by atoms with Crippen LogP contribution in [0.25, 0.3) is 0 Å². The summed E-state index contributed by atoms with van der Waals surface area (Å²) in [6, 6.07) is 0. The molecule has 0 aliphatic carbocycles. The van der Waals surface area contributed by atoms with Crippen LogP contribution in [0, 0.1) is 0 Å². The molecule has 1 aromatic heterocycles. The van der Waals surface area contributed by atoms with Gasteiger partial charge in [-0.15, -0.1) is 34.2 Å². The summed E-state index contributed by atoms with van der Waals surface area (Å²) in [5, 5.41) is 14.5. The number of aliphatic imine (C=N–C) groups is 1. The van der Waals surface area contributed by atoms with Crippen LogP contribution in [0.2, 0.25) is 0 Å². The van der Waals surface area contributed by atoms with Crippen molar-refractivity contribution in [3.63, 3.8) is 0 Å². The van der Waals surface area contributed by atoms with Crippen molar-refractivity contribution in [2.45, 2.75) is 46.1 Å². The molecule has 142 valence electrons. The number of aromatic nitrogens is 3. The van der Waals surface area contributed by atoms with Crippen molar-refractivity contribution in [3.05, 3.63) is 12.2 Å². The summed E-state index contributed by atoms with van der Waals surface area (Å²) < 4.78 is 2.04. The van der Waals surface area contributed by atoms with Gasteiger partial charge < -0.3 is 20.1 Å². The van der Waals surface area contributed by atoms with Gasteiger partial charge in [0, 0.05) is 45.6 Å². The Morgan fingerprint density at radius 2 is 2.04 bits per heavy atom. The molecular formula is C16H30IN7O. The number of hydrogen-bond acceptors (Lipinski definition) is 4. The zero-order valence-corrected chi connectivity index (χ0v) is 17.5. The number of halogens is 1. The molecule has 0 aromatic carbocycles. The molecule has 0 saturated carbocycles. The van der Waals surface area contributed by atoms with E-state index in [9.17, 15) is 4.79 Å². The predicted octanol–water partition coefficient (Wildman–Crippen LogP) is 1.03. The van der Waals surface area contributed by atoms with Crippen LogP contribution in [0.1, 0.15) is 38.9 Å². The van der Waals surface area contributed by atoms with E-state index in [4.69, 9.17) is 0 Å². The van der Waals surface area contributed by atoms with Crippen LogP contribution in [0.3, 0.4) is 0 Å².